The van der Waals surface area contributed by atoms with Crippen molar-refractivity contribution in [2.45, 2.75) is 44.4 Å². The first-order valence-corrected chi connectivity index (χ1v) is 8.90. The lowest BCUT2D eigenvalue weighted by molar-refractivity contribution is -0.120. The SMILES string of the molecule is C[C@@H]1[C@@H](C)CCC[C@H]1NC(=O)CSc1nc2ccccc2o1. The van der Waals surface area contributed by atoms with Crippen LogP contribution in [0.25, 0.3) is 11.1 Å². The summed E-state index contributed by atoms with van der Waals surface area (Å²) in [5.41, 5.74) is 1.60. The second kappa shape index (κ2) is 6.73. The van der Waals surface area contributed by atoms with Crippen LogP contribution < -0.4 is 5.32 Å². The Morgan fingerprint density at radius 1 is 1.36 bits per heavy atom. The van der Waals surface area contributed by atoms with Crippen LogP contribution in [0.3, 0.4) is 0 Å². The molecule has 0 spiro atoms. The number of para-hydroxylation sites is 2. The summed E-state index contributed by atoms with van der Waals surface area (Å²) in [4.78, 5) is 16.5. The molecule has 1 amide bonds. The highest BCUT2D eigenvalue weighted by molar-refractivity contribution is 7.99. The molecule has 1 aromatic carbocycles. The smallest absolute Gasteiger partial charge is 0.257 e. The van der Waals surface area contributed by atoms with Crippen LogP contribution in [0.4, 0.5) is 0 Å². The zero-order chi connectivity index (χ0) is 15.5. The molecule has 1 heterocycles. The van der Waals surface area contributed by atoms with Crippen LogP contribution in [-0.2, 0) is 4.79 Å². The molecule has 1 saturated carbocycles. The van der Waals surface area contributed by atoms with E-state index >= 15 is 0 Å². The van der Waals surface area contributed by atoms with E-state index in [2.05, 4.69) is 24.1 Å². The van der Waals surface area contributed by atoms with E-state index in [4.69, 9.17) is 4.42 Å². The molecule has 22 heavy (non-hydrogen) atoms. The lowest BCUT2D eigenvalue weighted by atomic mass is 9.78. The van der Waals surface area contributed by atoms with Crippen molar-refractivity contribution in [3.63, 3.8) is 0 Å². The second-order valence-corrected chi connectivity index (χ2v) is 7.10. The maximum absolute atomic E-state index is 12.2. The Kier molecular flexibility index (Phi) is 4.71. The van der Waals surface area contributed by atoms with E-state index in [1.54, 1.807) is 0 Å². The number of benzene rings is 1. The minimum absolute atomic E-state index is 0.0678. The minimum Gasteiger partial charge on any atom is -0.431 e. The van der Waals surface area contributed by atoms with Crippen molar-refractivity contribution < 1.29 is 9.21 Å². The molecule has 1 fully saturated rings. The fourth-order valence-corrected chi connectivity index (χ4v) is 3.72. The highest BCUT2D eigenvalue weighted by Crippen LogP contribution is 2.29. The molecule has 0 saturated heterocycles. The molecule has 3 atom stereocenters. The average Bonchev–Trinajstić information content (AvgIpc) is 2.93. The number of hydrogen-bond acceptors (Lipinski definition) is 4. The third-order valence-electron chi connectivity index (χ3n) is 4.65. The van der Waals surface area contributed by atoms with Crippen LogP contribution >= 0.6 is 11.8 Å². The second-order valence-electron chi connectivity index (χ2n) is 6.18. The maximum atomic E-state index is 12.2. The van der Waals surface area contributed by atoms with Crippen LogP contribution in [0, 0.1) is 11.8 Å². The van der Waals surface area contributed by atoms with Crippen LogP contribution in [0.5, 0.6) is 0 Å². The van der Waals surface area contributed by atoms with Crippen molar-refractivity contribution in [1.29, 1.82) is 0 Å². The van der Waals surface area contributed by atoms with Crippen molar-refractivity contribution in [2.75, 3.05) is 5.75 Å². The predicted molar refractivity (Wildman–Crippen MR) is 88.8 cm³/mol. The summed E-state index contributed by atoms with van der Waals surface area (Å²) in [6.45, 7) is 4.51. The van der Waals surface area contributed by atoms with Crippen LogP contribution in [0.15, 0.2) is 33.9 Å². The first kappa shape index (κ1) is 15.4. The van der Waals surface area contributed by atoms with Gasteiger partial charge < -0.3 is 9.73 Å². The van der Waals surface area contributed by atoms with E-state index in [9.17, 15) is 4.79 Å². The quantitative estimate of drug-likeness (QED) is 0.870. The van der Waals surface area contributed by atoms with E-state index in [1.807, 2.05) is 24.3 Å². The van der Waals surface area contributed by atoms with Gasteiger partial charge in [-0.1, -0.05) is 50.6 Å². The summed E-state index contributed by atoms with van der Waals surface area (Å²) in [5, 5.41) is 3.73. The Morgan fingerprint density at radius 2 is 2.18 bits per heavy atom. The van der Waals surface area contributed by atoms with Crippen molar-refractivity contribution in [2.24, 2.45) is 11.8 Å². The van der Waals surface area contributed by atoms with Crippen molar-refractivity contribution >= 4 is 28.8 Å². The number of rotatable bonds is 4. The number of nitrogens with one attached hydrogen (secondary N) is 1. The van der Waals surface area contributed by atoms with Gasteiger partial charge in [0, 0.05) is 6.04 Å². The van der Waals surface area contributed by atoms with Gasteiger partial charge in [-0.05, 0) is 30.4 Å². The number of thioether (sulfide) groups is 1. The minimum atomic E-state index is 0.0678. The molecule has 1 N–H and O–H groups in total. The third-order valence-corrected chi connectivity index (χ3v) is 5.48. The molecular weight excluding hydrogens is 296 g/mol. The van der Waals surface area contributed by atoms with Gasteiger partial charge in [-0.3, -0.25) is 4.79 Å². The summed E-state index contributed by atoms with van der Waals surface area (Å²) in [6.07, 6.45) is 3.56. The molecule has 1 aromatic heterocycles. The zero-order valence-electron chi connectivity index (χ0n) is 13.0. The molecule has 4 nitrogen and oxygen atoms in total. The Labute approximate surface area is 135 Å². The zero-order valence-corrected chi connectivity index (χ0v) is 13.9. The third kappa shape index (κ3) is 3.46. The summed E-state index contributed by atoms with van der Waals surface area (Å²) >= 11 is 1.36. The molecule has 3 rings (SSSR count). The number of amides is 1. The van der Waals surface area contributed by atoms with Gasteiger partial charge >= 0.3 is 0 Å². The van der Waals surface area contributed by atoms with E-state index < -0.39 is 0 Å². The van der Waals surface area contributed by atoms with E-state index in [0.717, 1.165) is 17.5 Å². The monoisotopic (exact) mass is 318 g/mol. The van der Waals surface area contributed by atoms with Crippen LogP contribution in [-0.4, -0.2) is 22.7 Å². The number of aromatic nitrogens is 1. The number of hydrogen-bond donors (Lipinski definition) is 1. The molecule has 118 valence electrons. The highest BCUT2D eigenvalue weighted by Gasteiger charge is 2.28. The van der Waals surface area contributed by atoms with Gasteiger partial charge in [0.15, 0.2) is 5.58 Å². The molecule has 5 heteroatoms. The molecule has 2 aromatic rings. The van der Waals surface area contributed by atoms with Crippen LogP contribution in [0.1, 0.15) is 33.1 Å². The lowest BCUT2D eigenvalue weighted by Gasteiger charge is -2.34. The van der Waals surface area contributed by atoms with Gasteiger partial charge in [0.05, 0.1) is 5.75 Å². The van der Waals surface area contributed by atoms with Gasteiger partial charge in [-0.15, -0.1) is 0 Å². The summed E-state index contributed by atoms with van der Waals surface area (Å²) in [5.74, 6) is 1.65. The number of nitrogens with zero attached hydrogens (tertiary/aromatic N) is 1. The predicted octanol–water partition coefficient (Wildman–Crippen LogP) is 3.86. The Hall–Kier alpha value is -1.49. The largest absolute Gasteiger partial charge is 0.431 e. The Balaban J connectivity index is 1.53. The van der Waals surface area contributed by atoms with Gasteiger partial charge in [0.2, 0.25) is 5.91 Å². The van der Waals surface area contributed by atoms with Gasteiger partial charge in [0.1, 0.15) is 5.52 Å². The van der Waals surface area contributed by atoms with Gasteiger partial charge in [-0.2, -0.15) is 0 Å². The van der Waals surface area contributed by atoms with E-state index in [-0.39, 0.29) is 5.91 Å². The number of carbonyl (C=O) groups excluding carboxylic acids is 1. The van der Waals surface area contributed by atoms with Crippen molar-refractivity contribution in [1.82, 2.24) is 10.3 Å². The molecule has 1 aliphatic carbocycles. The molecule has 0 unspecified atom stereocenters. The van der Waals surface area contributed by atoms with Gasteiger partial charge in [-0.25, -0.2) is 4.98 Å². The molecule has 0 aliphatic heterocycles. The number of oxazole rings is 1. The first-order chi connectivity index (χ1) is 10.6. The standard InChI is InChI=1S/C17H22N2O2S/c1-11-6-5-8-13(12(11)2)18-16(20)10-22-17-19-14-7-3-4-9-15(14)21-17/h3-4,7,9,11-13H,5-6,8,10H2,1-2H3,(H,18,20)/t11-,12+,13+/m0/s1. The van der Waals surface area contributed by atoms with Crippen molar-refractivity contribution in [3.05, 3.63) is 24.3 Å². The average molecular weight is 318 g/mol. The van der Waals surface area contributed by atoms with E-state index in [1.165, 1.54) is 24.6 Å². The summed E-state index contributed by atoms with van der Waals surface area (Å²) < 4.78 is 5.62. The molecule has 0 radical (unpaired) electrons. The Bertz CT molecular complexity index is 622. The topological polar surface area (TPSA) is 55.1 Å². The fourth-order valence-electron chi connectivity index (χ4n) is 3.07. The molecule has 1 aliphatic rings. The highest BCUT2D eigenvalue weighted by atomic mass is 32.2. The summed E-state index contributed by atoms with van der Waals surface area (Å²) in [6, 6.07) is 7.95. The molecule has 0 bridgehead atoms. The van der Waals surface area contributed by atoms with Crippen molar-refractivity contribution in [3.8, 4) is 0 Å². The Morgan fingerprint density at radius 3 is 3.00 bits per heavy atom. The van der Waals surface area contributed by atoms with E-state index in [0.29, 0.717) is 28.9 Å². The summed E-state index contributed by atoms with van der Waals surface area (Å²) in [7, 11) is 0. The normalized spacial score (nSPS) is 25.3. The fraction of sp³-hybridized carbons (Fsp3) is 0.529. The first-order valence-electron chi connectivity index (χ1n) is 7.91. The van der Waals surface area contributed by atoms with Crippen LogP contribution in [0.2, 0.25) is 0 Å². The molecular formula is C17H22N2O2S. The maximum Gasteiger partial charge on any atom is 0.257 e. The number of carbonyl (C=O) groups is 1. The number of fused-ring (bicyclic) bond motifs is 1. The lowest BCUT2D eigenvalue weighted by Crippen LogP contribution is -2.44. The van der Waals surface area contributed by atoms with Gasteiger partial charge in [0.25, 0.3) is 5.22 Å².